The van der Waals surface area contributed by atoms with Gasteiger partial charge in [0.15, 0.2) is 16.8 Å². The maximum absolute atomic E-state index is 12.4. The number of thioether (sulfide) groups is 1. The highest BCUT2D eigenvalue weighted by molar-refractivity contribution is 8.13. The number of carbonyl (C=O) groups is 1. The van der Waals surface area contributed by atoms with Crippen molar-refractivity contribution in [3.8, 4) is 0 Å². The standard InChI is InChI=1S/C12H15N3OS.C7H5F3/c1-12(5-6-17-11(13)15-12)9-3-2-4-10(7-9)14-8-16;1-4-2-5(8)3-6(9)7(4)10/h2-4,7-8H,5-6H2,1H3,(H2,13,15)(H,14,16);2-3H,1H3. The number of halogens is 3. The van der Waals surface area contributed by atoms with E-state index in [0.29, 0.717) is 17.6 Å². The van der Waals surface area contributed by atoms with Gasteiger partial charge in [0.2, 0.25) is 6.41 Å². The Kier molecular flexibility index (Phi) is 6.90. The summed E-state index contributed by atoms with van der Waals surface area (Å²) in [7, 11) is 0. The van der Waals surface area contributed by atoms with Crippen molar-refractivity contribution < 1.29 is 18.0 Å². The molecule has 4 nitrogen and oxygen atoms in total. The van der Waals surface area contributed by atoms with Crippen LogP contribution in [0.15, 0.2) is 41.4 Å². The fourth-order valence-electron chi connectivity index (χ4n) is 2.59. The number of rotatable bonds is 3. The lowest BCUT2D eigenvalue weighted by atomic mass is 9.89. The fraction of sp³-hybridized carbons (Fsp3) is 0.263. The summed E-state index contributed by atoms with van der Waals surface area (Å²) in [5.74, 6) is -1.91. The first-order chi connectivity index (χ1) is 12.7. The number of carbonyl (C=O) groups excluding carboxylic acids is 1. The van der Waals surface area contributed by atoms with Crippen molar-refractivity contribution in [2.45, 2.75) is 25.8 Å². The Hall–Kier alpha value is -2.48. The number of amidine groups is 1. The van der Waals surface area contributed by atoms with E-state index in [1.165, 1.54) is 6.92 Å². The third-order valence-electron chi connectivity index (χ3n) is 4.08. The van der Waals surface area contributed by atoms with E-state index in [2.05, 4.69) is 17.2 Å². The summed E-state index contributed by atoms with van der Waals surface area (Å²) in [5, 5.41) is 3.28. The van der Waals surface area contributed by atoms with Gasteiger partial charge in [-0.25, -0.2) is 13.2 Å². The van der Waals surface area contributed by atoms with E-state index in [4.69, 9.17) is 5.73 Å². The molecule has 3 rings (SSSR count). The number of benzene rings is 2. The molecule has 3 N–H and O–H groups in total. The first kappa shape index (κ1) is 20.8. The second kappa shape index (κ2) is 8.94. The van der Waals surface area contributed by atoms with Crippen molar-refractivity contribution in [1.82, 2.24) is 0 Å². The quantitative estimate of drug-likeness (QED) is 0.600. The molecule has 0 aromatic heterocycles. The minimum Gasteiger partial charge on any atom is -0.379 e. The van der Waals surface area contributed by atoms with Crippen LogP contribution in [0, 0.1) is 24.4 Å². The second-order valence-electron chi connectivity index (χ2n) is 6.18. The lowest BCUT2D eigenvalue weighted by molar-refractivity contribution is -0.105. The zero-order valence-electron chi connectivity index (χ0n) is 14.9. The molecule has 0 aliphatic carbocycles. The molecule has 144 valence electrons. The summed E-state index contributed by atoms with van der Waals surface area (Å²) in [5.41, 5.74) is 7.35. The molecule has 1 unspecified atom stereocenters. The summed E-state index contributed by atoms with van der Waals surface area (Å²) < 4.78 is 36.8. The van der Waals surface area contributed by atoms with Crippen LogP contribution in [-0.4, -0.2) is 17.3 Å². The Balaban J connectivity index is 0.000000223. The molecule has 0 radical (unpaired) electrons. The van der Waals surface area contributed by atoms with Gasteiger partial charge in [-0.2, -0.15) is 0 Å². The van der Waals surface area contributed by atoms with Gasteiger partial charge < -0.3 is 11.1 Å². The average molecular weight is 395 g/mol. The number of amides is 1. The van der Waals surface area contributed by atoms with Gasteiger partial charge in [0.25, 0.3) is 0 Å². The summed E-state index contributed by atoms with van der Waals surface area (Å²) >= 11 is 1.59. The molecule has 2 aromatic rings. The molecule has 0 fully saturated rings. The van der Waals surface area contributed by atoms with Gasteiger partial charge in [-0.1, -0.05) is 23.9 Å². The average Bonchev–Trinajstić information content (AvgIpc) is 2.60. The lowest BCUT2D eigenvalue weighted by Crippen LogP contribution is -2.28. The van der Waals surface area contributed by atoms with E-state index in [1.807, 2.05) is 24.3 Å². The Labute approximate surface area is 160 Å². The van der Waals surface area contributed by atoms with Crippen molar-refractivity contribution in [1.29, 1.82) is 0 Å². The third kappa shape index (κ3) is 5.50. The molecule has 0 spiro atoms. The van der Waals surface area contributed by atoms with Crippen molar-refractivity contribution in [2.75, 3.05) is 11.1 Å². The van der Waals surface area contributed by atoms with Crippen LogP contribution in [0.4, 0.5) is 18.9 Å². The largest absolute Gasteiger partial charge is 0.379 e. The van der Waals surface area contributed by atoms with Crippen molar-refractivity contribution in [3.05, 3.63) is 65.0 Å². The summed E-state index contributed by atoms with van der Waals surface area (Å²) in [6.07, 6.45) is 1.62. The van der Waals surface area contributed by atoms with E-state index in [-0.39, 0.29) is 11.1 Å². The molecule has 1 aliphatic heterocycles. The van der Waals surface area contributed by atoms with Crippen LogP contribution in [0.25, 0.3) is 0 Å². The summed E-state index contributed by atoms with van der Waals surface area (Å²) in [4.78, 5) is 15.0. The molecule has 2 aromatic carbocycles. The number of hydrogen-bond acceptors (Lipinski definition) is 4. The molecule has 27 heavy (non-hydrogen) atoms. The van der Waals surface area contributed by atoms with Crippen LogP contribution in [0.2, 0.25) is 0 Å². The van der Waals surface area contributed by atoms with Crippen LogP contribution in [0.5, 0.6) is 0 Å². The molecule has 0 bridgehead atoms. The molecular weight excluding hydrogens is 375 g/mol. The van der Waals surface area contributed by atoms with E-state index < -0.39 is 17.5 Å². The number of nitrogens with one attached hydrogen (secondary N) is 1. The topological polar surface area (TPSA) is 67.5 Å². The highest BCUT2D eigenvalue weighted by Crippen LogP contribution is 2.35. The van der Waals surface area contributed by atoms with E-state index in [0.717, 1.165) is 29.5 Å². The number of aliphatic imine (C=N–C) groups is 1. The Morgan fingerprint density at radius 2 is 2.00 bits per heavy atom. The van der Waals surface area contributed by atoms with Crippen molar-refractivity contribution >= 4 is 29.0 Å². The first-order valence-electron chi connectivity index (χ1n) is 8.15. The number of nitrogens with two attached hydrogens (primary N) is 1. The van der Waals surface area contributed by atoms with Gasteiger partial charge in [0.05, 0.1) is 5.54 Å². The van der Waals surface area contributed by atoms with Gasteiger partial charge in [-0.3, -0.25) is 9.79 Å². The Morgan fingerprint density at radius 3 is 2.63 bits per heavy atom. The molecule has 1 amide bonds. The third-order valence-corrected chi connectivity index (χ3v) is 4.88. The van der Waals surface area contributed by atoms with E-state index >= 15 is 0 Å². The van der Waals surface area contributed by atoms with Gasteiger partial charge in [0.1, 0.15) is 5.82 Å². The molecule has 8 heteroatoms. The minimum atomic E-state index is -1.14. The molecule has 0 saturated heterocycles. The van der Waals surface area contributed by atoms with Crippen LogP contribution in [0.1, 0.15) is 24.5 Å². The SMILES string of the molecule is CC1(c2cccc(NC=O)c2)CCSC(N)=N1.Cc1cc(F)cc(F)c1F. The first-order valence-corrected chi connectivity index (χ1v) is 9.14. The van der Waals surface area contributed by atoms with E-state index in [1.54, 1.807) is 11.8 Å². The highest BCUT2D eigenvalue weighted by atomic mass is 32.2. The Bertz CT molecular complexity index is 837. The number of aryl methyl sites for hydroxylation is 1. The van der Waals surface area contributed by atoms with Crippen molar-refractivity contribution in [3.63, 3.8) is 0 Å². The summed E-state index contributed by atoms with van der Waals surface area (Å²) in [6, 6.07) is 9.19. The van der Waals surface area contributed by atoms with Crippen LogP contribution < -0.4 is 11.1 Å². The monoisotopic (exact) mass is 395 g/mol. The predicted molar refractivity (Wildman–Crippen MR) is 103 cm³/mol. The normalized spacial score (nSPS) is 18.8. The van der Waals surface area contributed by atoms with Crippen LogP contribution in [0.3, 0.4) is 0 Å². The molecule has 1 heterocycles. The zero-order valence-corrected chi connectivity index (χ0v) is 15.7. The maximum Gasteiger partial charge on any atom is 0.211 e. The lowest BCUT2D eigenvalue weighted by Gasteiger charge is -2.30. The van der Waals surface area contributed by atoms with Gasteiger partial charge in [-0.15, -0.1) is 0 Å². The summed E-state index contributed by atoms with van der Waals surface area (Å²) in [6.45, 7) is 3.38. The number of nitrogens with zero attached hydrogens (tertiary/aromatic N) is 1. The number of anilines is 1. The fourth-order valence-corrected chi connectivity index (χ4v) is 3.57. The van der Waals surface area contributed by atoms with Crippen molar-refractivity contribution in [2.24, 2.45) is 10.7 Å². The maximum atomic E-state index is 12.4. The molecule has 0 saturated carbocycles. The smallest absolute Gasteiger partial charge is 0.211 e. The van der Waals surface area contributed by atoms with Crippen LogP contribution in [-0.2, 0) is 10.3 Å². The zero-order chi connectivity index (χ0) is 20.0. The predicted octanol–water partition coefficient (Wildman–Crippen LogP) is 4.33. The number of hydrogen-bond donors (Lipinski definition) is 2. The minimum absolute atomic E-state index is 0.0162. The molecular formula is C19H20F3N3OS. The second-order valence-corrected chi connectivity index (χ2v) is 7.30. The van der Waals surface area contributed by atoms with Gasteiger partial charge >= 0.3 is 0 Å². The van der Waals surface area contributed by atoms with Crippen LogP contribution >= 0.6 is 11.8 Å². The van der Waals surface area contributed by atoms with E-state index in [9.17, 15) is 18.0 Å². The highest BCUT2D eigenvalue weighted by Gasteiger charge is 2.29. The Morgan fingerprint density at radius 1 is 1.26 bits per heavy atom. The molecule has 1 aliphatic rings. The van der Waals surface area contributed by atoms with Gasteiger partial charge in [0, 0.05) is 17.5 Å². The molecule has 1 atom stereocenters. The van der Waals surface area contributed by atoms with Gasteiger partial charge in [-0.05, 0) is 49.6 Å².